The number of hydrazine groups is 1. The summed E-state index contributed by atoms with van der Waals surface area (Å²) in [6.45, 7) is 9.25. The smallest absolute Gasteiger partial charge is 0.344 e. The normalized spacial score (nSPS) is 30.6. The number of morpholine rings is 1. The summed E-state index contributed by atoms with van der Waals surface area (Å²) in [6.07, 6.45) is 6.90. The van der Waals surface area contributed by atoms with E-state index in [1.54, 1.807) is 0 Å². The van der Waals surface area contributed by atoms with Crippen LogP contribution in [0.2, 0.25) is 0 Å². The van der Waals surface area contributed by atoms with Crippen molar-refractivity contribution < 1.29 is 19.1 Å². The van der Waals surface area contributed by atoms with Gasteiger partial charge in [0, 0.05) is 19.6 Å². The number of hydrogen-bond donors (Lipinski definition) is 2. The van der Waals surface area contributed by atoms with Crippen LogP contribution < -0.4 is 10.7 Å². The lowest BCUT2D eigenvalue weighted by Gasteiger charge is -2.39. The predicted molar refractivity (Wildman–Crippen MR) is 115 cm³/mol. The molecule has 1 saturated carbocycles. The quantitative estimate of drug-likeness (QED) is 0.628. The molecule has 4 aliphatic rings. The Balaban J connectivity index is 1.21. The lowest BCUT2D eigenvalue weighted by molar-refractivity contribution is -0.140. The fourth-order valence-corrected chi connectivity index (χ4v) is 5.70. The molecule has 2 N–H and O–H groups in total. The van der Waals surface area contributed by atoms with E-state index in [9.17, 15) is 14.4 Å². The lowest BCUT2D eigenvalue weighted by Crippen LogP contribution is -2.53. The van der Waals surface area contributed by atoms with Crippen LogP contribution in [0, 0.1) is 5.92 Å². The minimum atomic E-state index is -0.810. The molecule has 4 rings (SSSR count). The van der Waals surface area contributed by atoms with Crippen LogP contribution in [0.3, 0.4) is 0 Å². The highest BCUT2D eigenvalue weighted by Gasteiger charge is 2.52. The van der Waals surface area contributed by atoms with Gasteiger partial charge in [0.1, 0.15) is 5.54 Å². The average molecular weight is 436 g/mol. The zero-order chi connectivity index (χ0) is 22.0. The molecule has 174 valence electrons. The number of piperidine rings is 1. The highest BCUT2D eigenvalue weighted by molar-refractivity contribution is 6.08. The molecule has 31 heavy (non-hydrogen) atoms. The van der Waals surface area contributed by atoms with Gasteiger partial charge in [-0.2, -0.15) is 5.01 Å². The molecular weight excluding hydrogens is 398 g/mol. The number of likely N-dealkylation sites (tertiary alicyclic amines) is 1. The summed E-state index contributed by atoms with van der Waals surface area (Å²) in [7, 11) is 0. The van der Waals surface area contributed by atoms with Gasteiger partial charge in [-0.05, 0) is 58.5 Å². The van der Waals surface area contributed by atoms with Gasteiger partial charge in [-0.3, -0.25) is 24.8 Å². The Kier molecular flexibility index (Phi) is 6.83. The van der Waals surface area contributed by atoms with E-state index in [1.165, 1.54) is 0 Å². The van der Waals surface area contributed by atoms with Crippen LogP contribution in [-0.2, 0) is 14.3 Å². The maximum absolute atomic E-state index is 12.8. The minimum Gasteiger partial charge on any atom is -0.373 e. The van der Waals surface area contributed by atoms with Crippen LogP contribution in [0.4, 0.5) is 4.79 Å². The van der Waals surface area contributed by atoms with E-state index in [0.717, 1.165) is 69.8 Å². The molecule has 1 aliphatic carbocycles. The number of hydrogen-bond acceptors (Lipinski definition) is 6. The number of imide groups is 1. The van der Waals surface area contributed by atoms with Crippen LogP contribution in [0.25, 0.3) is 0 Å². The minimum absolute atomic E-state index is 0.211. The van der Waals surface area contributed by atoms with E-state index in [2.05, 4.69) is 34.4 Å². The van der Waals surface area contributed by atoms with Crippen molar-refractivity contribution in [2.24, 2.45) is 5.92 Å². The molecule has 3 heterocycles. The van der Waals surface area contributed by atoms with Crippen LogP contribution in [0.15, 0.2) is 0 Å². The number of carbonyl (C=O) groups is 3. The topological polar surface area (TPSA) is 94.2 Å². The fourth-order valence-electron chi connectivity index (χ4n) is 5.70. The van der Waals surface area contributed by atoms with Gasteiger partial charge in [-0.1, -0.05) is 19.3 Å². The first kappa shape index (κ1) is 22.5. The van der Waals surface area contributed by atoms with Crippen molar-refractivity contribution in [1.82, 2.24) is 25.6 Å². The summed E-state index contributed by atoms with van der Waals surface area (Å²) in [4.78, 5) is 42.3. The third-order valence-electron chi connectivity index (χ3n) is 7.19. The fraction of sp³-hybridized carbons (Fsp3) is 0.864. The van der Waals surface area contributed by atoms with Crippen molar-refractivity contribution >= 4 is 17.8 Å². The number of urea groups is 1. The largest absolute Gasteiger partial charge is 0.373 e. The van der Waals surface area contributed by atoms with Crippen LogP contribution in [0.1, 0.15) is 58.8 Å². The van der Waals surface area contributed by atoms with Crippen molar-refractivity contribution in [2.75, 3.05) is 39.3 Å². The molecule has 9 nitrogen and oxygen atoms in total. The number of rotatable bonds is 5. The number of ether oxygens (including phenoxy) is 1. The average Bonchev–Trinajstić information content (AvgIpc) is 2.93. The van der Waals surface area contributed by atoms with Crippen LogP contribution in [0.5, 0.6) is 0 Å². The molecule has 0 bridgehead atoms. The molecular formula is C22H37N5O4. The van der Waals surface area contributed by atoms with Gasteiger partial charge in [0.05, 0.1) is 18.8 Å². The second kappa shape index (κ2) is 9.42. The molecule has 4 amide bonds. The van der Waals surface area contributed by atoms with Gasteiger partial charge in [-0.15, -0.1) is 0 Å². The van der Waals surface area contributed by atoms with E-state index in [0.29, 0.717) is 18.8 Å². The second-order valence-corrected chi connectivity index (χ2v) is 9.94. The molecule has 9 heteroatoms. The van der Waals surface area contributed by atoms with Crippen molar-refractivity contribution in [1.29, 1.82) is 0 Å². The van der Waals surface area contributed by atoms with Gasteiger partial charge in [0.15, 0.2) is 0 Å². The summed E-state index contributed by atoms with van der Waals surface area (Å²) in [5.74, 6) is 0.0257. The van der Waals surface area contributed by atoms with Crippen LogP contribution in [-0.4, -0.2) is 89.7 Å². The molecule has 2 unspecified atom stereocenters. The van der Waals surface area contributed by atoms with Gasteiger partial charge < -0.3 is 10.1 Å². The second-order valence-electron chi connectivity index (χ2n) is 9.94. The number of amides is 4. The zero-order valence-electron chi connectivity index (χ0n) is 18.9. The van der Waals surface area contributed by atoms with Gasteiger partial charge >= 0.3 is 6.03 Å². The Morgan fingerprint density at radius 3 is 2.35 bits per heavy atom. The molecule has 2 atom stereocenters. The SMILES string of the molecule is CC1CN(CC2CCN(CC(=O)NN3C(=O)NC4(CCCCC4)C3=O)CC2)CC(C)O1. The molecule has 3 aliphatic heterocycles. The Hall–Kier alpha value is -1.71. The van der Waals surface area contributed by atoms with E-state index >= 15 is 0 Å². The maximum atomic E-state index is 12.8. The van der Waals surface area contributed by atoms with E-state index in [-0.39, 0.29) is 30.6 Å². The Bertz CT molecular complexity index is 677. The summed E-state index contributed by atoms with van der Waals surface area (Å²) in [5.41, 5.74) is 1.74. The number of nitrogens with zero attached hydrogens (tertiary/aromatic N) is 3. The van der Waals surface area contributed by atoms with E-state index in [1.807, 2.05) is 0 Å². The summed E-state index contributed by atoms with van der Waals surface area (Å²) < 4.78 is 5.82. The third kappa shape index (κ3) is 5.21. The van der Waals surface area contributed by atoms with Gasteiger partial charge in [-0.25, -0.2) is 4.79 Å². The highest BCUT2D eigenvalue weighted by Crippen LogP contribution is 2.33. The standard InChI is InChI=1S/C22H37N5O4/c1-16-12-26(13-17(2)31-16)14-18-6-10-25(11-7-18)15-19(28)24-27-20(29)22(23-21(27)30)8-4-3-5-9-22/h16-18H,3-15H2,1-2H3,(H,23,30)(H,24,28). The van der Waals surface area contributed by atoms with Crippen molar-refractivity contribution in [2.45, 2.75) is 76.5 Å². The Labute approximate surface area is 184 Å². The first-order valence-corrected chi connectivity index (χ1v) is 11.9. The Morgan fingerprint density at radius 2 is 1.71 bits per heavy atom. The first-order chi connectivity index (χ1) is 14.8. The highest BCUT2D eigenvalue weighted by atomic mass is 16.5. The van der Waals surface area contributed by atoms with E-state index < -0.39 is 11.6 Å². The summed E-state index contributed by atoms with van der Waals surface area (Å²) in [6, 6.07) is -0.507. The third-order valence-corrected chi connectivity index (χ3v) is 7.19. The van der Waals surface area contributed by atoms with E-state index in [4.69, 9.17) is 4.74 Å². The van der Waals surface area contributed by atoms with Crippen molar-refractivity contribution in [3.63, 3.8) is 0 Å². The summed E-state index contributed by atoms with van der Waals surface area (Å²) in [5, 5.41) is 3.73. The molecule has 0 aromatic carbocycles. The maximum Gasteiger partial charge on any atom is 0.344 e. The molecule has 0 aromatic heterocycles. The molecule has 3 saturated heterocycles. The van der Waals surface area contributed by atoms with Crippen molar-refractivity contribution in [3.8, 4) is 0 Å². The van der Waals surface area contributed by atoms with Gasteiger partial charge in [0.25, 0.3) is 11.8 Å². The zero-order valence-corrected chi connectivity index (χ0v) is 18.9. The predicted octanol–water partition coefficient (Wildman–Crippen LogP) is 1.09. The molecule has 0 radical (unpaired) electrons. The number of nitrogens with one attached hydrogen (secondary N) is 2. The monoisotopic (exact) mass is 435 g/mol. The Morgan fingerprint density at radius 1 is 1.06 bits per heavy atom. The first-order valence-electron chi connectivity index (χ1n) is 11.9. The molecule has 0 aromatic rings. The molecule has 4 fully saturated rings. The lowest BCUT2D eigenvalue weighted by atomic mass is 9.82. The summed E-state index contributed by atoms with van der Waals surface area (Å²) >= 11 is 0. The van der Waals surface area contributed by atoms with Crippen molar-refractivity contribution in [3.05, 3.63) is 0 Å². The molecule has 1 spiro atoms. The van der Waals surface area contributed by atoms with Gasteiger partial charge in [0.2, 0.25) is 0 Å². The van der Waals surface area contributed by atoms with Crippen LogP contribution >= 0.6 is 0 Å². The number of carbonyl (C=O) groups excluding carboxylic acids is 3.